The normalized spacial score (nSPS) is 12.8. The number of halogens is 3. The van der Waals surface area contributed by atoms with E-state index >= 15 is 0 Å². The molecule has 3 N–H and O–H groups in total. The van der Waals surface area contributed by atoms with Crippen LogP contribution in [0.4, 0.5) is 13.2 Å². The molecule has 0 spiro atoms. The molecule has 0 aliphatic heterocycles. The Kier molecular flexibility index (Phi) is 9.13. The molecule has 5 nitrogen and oxygen atoms in total. The fourth-order valence-electron chi connectivity index (χ4n) is 4.47. The average Bonchev–Trinajstić information content (AvgIpc) is 3.33. The van der Waals surface area contributed by atoms with Crippen molar-refractivity contribution in [3.63, 3.8) is 0 Å². The van der Waals surface area contributed by atoms with Gasteiger partial charge in [-0.1, -0.05) is 48.2 Å². The fourth-order valence-corrected chi connectivity index (χ4v) is 5.06. The highest BCUT2D eigenvalue weighted by atomic mass is 32.2. The van der Waals surface area contributed by atoms with Crippen molar-refractivity contribution in [2.24, 2.45) is 0 Å². The van der Waals surface area contributed by atoms with Crippen LogP contribution in [0, 0.1) is 18.8 Å². The van der Waals surface area contributed by atoms with Crippen LogP contribution < -0.4 is 10.1 Å². The van der Waals surface area contributed by atoms with Crippen LogP contribution in [0.3, 0.4) is 0 Å². The van der Waals surface area contributed by atoms with E-state index in [1.54, 1.807) is 11.8 Å². The number of hydrogen-bond acceptors (Lipinski definition) is 4. The molecule has 1 amide bonds. The number of ether oxygens (including phenoxy) is 1. The highest BCUT2D eigenvalue weighted by Crippen LogP contribution is 2.30. The van der Waals surface area contributed by atoms with Gasteiger partial charge in [0.15, 0.2) is 0 Å². The van der Waals surface area contributed by atoms with Crippen molar-refractivity contribution in [1.29, 1.82) is 0 Å². The van der Waals surface area contributed by atoms with Gasteiger partial charge >= 0.3 is 6.36 Å². The lowest BCUT2D eigenvalue weighted by atomic mass is 9.88. The molecule has 4 rings (SSSR count). The van der Waals surface area contributed by atoms with Crippen LogP contribution in [-0.2, 0) is 6.42 Å². The number of amides is 1. The zero-order chi connectivity index (χ0) is 28.8. The summed E-state index contributed by atoms with van der Waals surface area (Å²) < 4.78 is 43.9. The minimum absolute atomic E-state index is 0.266. The van der Waals surface area contributed by atoms with Gasteiger partial charge in [0, 0.05) is 28.2 Å². The number of hydrogen-bond donors (Lipinski definition) is 3. The molecule has 40 heavy (non-hydrogen) atoms. The number of para-hydroxylation sites is 1. The van der Waals surface area contributed by atoms with Crippen LogP contribution in [0.25, 0.3) is 10.9 Å². The van der Waals surface area contributed by atoms with Crippen LogP contribution in [0.15, 0.2) is 72.9 Å². The van der Waals surface area contributed by atoms with Crippen molar-refractivity contribution >= 4 is 28.6 Å². The number of alkyl halides is 3. The van der Waals surface area contributed by atoms with E-state index in [1.165, 1.54) is 12.1 Å². The first kappa shape index (κ1) is 29.1. The third kappa shape index (κ3) is 7.20. The van der Waals surface area contributed by atoms with Crippen LogP contribution >= 0.6 is 11.8 Å². The Morgan fingerprint density at radius 3 is 2.55 bits per heavy atom. The van der Waals surface area contributed by atoms with Crippen LogP contribution in [0.2, 0.25) is 0 Å². The van der Waals surface area contributed by atoms with E-state index in [4.69, 9.17) is 0 Å². The zero-order valence-electron chi connectivity index (χ0n) is 22.1. The van der Waals surface area contributed by atoms with E-state index in [9.17, 15) is 23.1 Å². The molecule has 0 bridgehead atoms. The van der Waals surface area contributed by atoms with Gasteiger partial charge in [0.05, 0.1) is 17.7 Å². The van der Waals surface area contributed by atoms with Gasteiger partial charge in [-0.3, -0.25) is 4.79 Å². The number of aliphatic hydroxyl groups is 1. The number of rotatable bonds is 9. The molecule has 0 saturated carbocycles. The van der Waals surface area contributed by atoms with Gasteiger partial charge in [-0.2, -0.15) is 11.8 Å². The first-order valence-electron chi connectivity index (χ1n) is 12.6. The average molecular weight is 567 g/mol. The lowest BCUT2D eigenvalue weighted by molar-refractivity contribution is -0.274. The number of aryl methyl sites for hydroxylation is 1. The second kappa shape index (κ2) is 12.5. The van der Waals surface area contributed by atoms with Gasteiger partial charge in [0.1, 0.15) is 5.75 Å². The lowest BCUT2D eigenvalue weighted by Crippen LogP contribution is -2.53. The quantitative estimate of drug-likeness (QED) is 0.210. The van der Waals surface area contributed by atoms with Crippen molar-refractivity contribution in [2.75, 3.05) is 18.6 Å². The summed E-state index contributed by atoms with van der Waals surface area (Å²) in [5.41, 5.74) is 2.37. The van der Waals surface area contributed by atoms with Gasteiger partial charge < -0.3 is 20.1 Å². The summed E-state index contributed by atoms with van der Waals surface area (Å²) in [6.45, 7) is 1.49. The van der Waals surface area contributed by atoms with Gasteiger partial charge in [-0.15, -0.1) is 13.2 Å². The molecule has 0 radical (unpaired) electrons. The first-order chi connectivity index (χ1) is 19.1. The van der Waals surface area contributed by atoms with Gasteiger partial charge in [-0.05, 0) is 73.2 Å². The van der Waals surface area contributed by atoms with Gasteiger partial charge in [0.2, 0.25) is 0 Å². The molecule has 0 saturated heterocycles. The first-order valence-corrected chi connectivity index (χ1v) is 14.0. The van der Waals surface area contributed by atoms with Gasteiger partial charge in [0.25, 0.3) is 5.91 Å². The third-order valence-corrected chi connectivity index (χ3v) is 7.22. The van der Waals surface area contributed by atoms with E-state index in [0.29, 0.717) is 17.7 Å². The number of fused-ring (bicyclic) bond motifs is 1. The summed E-state index contributed by atoms with van der Waals surface area (Å²) >= 11 is 1.54. The van der Waals surface area contributed by atoms with E-state index in [0.717, 1.165) is 33.7 Å². The van der Waals surface area contributed by atoms with Crippen LogP contribution in [-0.4, -0.2) is 46.5 Å². The number of aromatic nitrogens is 1. The molecular weight excluding hydrogens is 537 g/mol. The summed E-state index contributed by atoms with van der Waals surface area (Å²) in [5, 5.41) is 14.3. The Balaban J connectivity index is 1.71. The standard InChI is InChI=1S/C31H29F3N2O3S/c1-21-7-3-4-8-23(21)13-11-22-12-14-28(39-31(32,33)34)26(17-22)29(38)36-30(20-37,15-16-40-2)18-24-19-35-27-10-6-5-9-25(24)27/h3-10,12,14,17,19,35,37H,15-16,18,20H2,1-2H3,(H,36,38). The Hall–Kier alpha value is -3.87. The molecular formula is C31H29F3N2O3S. The van der Waals surface area contributed by atoms with Crippen LogP contribution in [0.5, 0.6) is 5.75 Å². The molecule has 4 aromatic rings. The fraction of sp³-hybridized carbons (Fsp3) is 0.258. The topological polar surface area (TPSA) is 74.4 Å². The SMILES string of the molecule is CSCCC(CO)(Cc1c[nH]c2ccccc12)NC(=O)c1cc(C#Cc2ccccc2C)ccc1OC(F)(F)F. The van der Waals surface area contributed by atoms with Gasteiger partial charge in [-0.25, -0.2) is 0 Å². The predicted molar refractivity (Wildman–Crippen MR) is 153 cm³/mol. The summed E-state index contributed by atoms with van der Waals surface area (Å²) in [6.07, 6.45) is -0.623. The number of nitrogens with one attached hydrogen (secondary N) is 2. The van der Waals surface area contributed by atoms with Crippen LogP contribution in [0.1, 0.15) is 39.0 Å². The van der Waals surface area contributed by atoms with Crippen molar-refractivity contribution in [3.05, 3.63) is 101 Å². The summed E-state index contributed by atoms with van der Waals surface area (Å²) in [7, 11) is 0. The Morgan fingerprint density at radius 2 is 1.82 bits per heavy atom. The molecule has 9 heteroatoms. The molecule has 0 aliphatic carbocycles. The number of thioether (sulfide) groups is 1. The smallest absolute Gasteiger partial charge is 0.405 e. The second-order valence-electron chi connectivity index (χ2n) is 9.50. The maximum Gasteiger partial charge on any atom is 0.573 e. The highest BCUT2D eigenvalue weighted by molar-refractivity contribution is 7.98. The lowest BCUT2D eigenvalue weighted by Gasteiger charge is -2.33. The molecule has 1 aromatic heterocycles. The minimum Gasteiger partial charge on any atom is -0.405 e. The predicted octanol–water partition coefficient (Wildman–Crippen LogP) is 6.23. The molecule has 1 unspecified atom stereocenters. The Labute approximate surface area is 235 Å². The van der Waals surface area contributed by atoms with Crippen molar-refractivity contribution in [3.8, 4) is 17.6 Å². The monoisotopic (exact) mass is 566 g/mol. The number of aliphatic hydroxyl groups excluding tert-OH is 1. The number of aromatic amines is 1. The largest absolute Gasteiger partial charge is 0.573 e. The molecule has 0 aliphatic rings. The highest BCUT2D eigenvalue weighted by Gasteiger charge is 2.36. The molecule has 1 heterocycles. The maximum atomic E-state index is 13.6. The summed E-state index contributed by atoms with van der Waals surface area (Å²) in [4.78, 5) is 16.8. The second-order valence-corrected chi connectivity index (χ2v) is 10.5. The van der Waals surface area contributed by atoms with Crippen molar-refractivity contribution in [2.45, 2.75) is 31.7 Å². The van der Waals surface area contributed by atoms with E-state index in [-0.39, 0.29) is 12.0 Å². The molecule has 208 valence electrons. The Morgan fingerprint density at radius 1 is 1.07 bits per heavy atom. The van der Waals surface area contributed by atoms with E-state index in [1.807, 2.05) is 67.9 Å². The van der Waals surface area contributed by atoms with Crippen molar-refractivity contribution < 1.29 is 27.8 Å². The number of benzene rings is 3. The number of carbonyl (C=O) groups excluding carboxylic acids is 1. The zero-order valence-corrected chi connectivity index (χ0v) is 22.9. The van der Waals surface area contributed by atoms with E-state index < -0.39 is 30.2 Å². The summed E-state index contributed by atoms with van der Waals surface area (Å²) in [6, 6.07) is 18.9. The minimum atomic E-state index is -5.00. The Bertz CT molecular complexity index is 1550. The number of H-pyrrole nitrogens is 1. The maximum absolute atomic E-state index is 13.6. The molecule has 1 atom stereocenters. The summed E-state index contributed by atoms with van der Waals surface area (Å²) in [5.74, 6) is 5.10. The molecule has 0 fully saturated rings. The number of carbonyl (C=O) groups is 1. The van der Waals surface area contributed by atoms with E-state index in [2.05, 4.69) is 26.9 Å². The third-order valence-electron chi connectivity index (χ3n) is 6.61. The van der Waals surface area contributed by atoms with Crippen molar-refractivity contribution in [1.82, 2.24) is 10.3 Å². The molecule has 3 aromatic carbocycles.